The summed E-state index contributed by atoms with van der Waals surface area (Å²) < 4.78 is 10.6. The van der Waals surface area contributed by atoms with Gasteiger partial charge in [0.2, 0.25) is 11.8 Å². The number of carbonyl (C=O) groups excluding carboxylic acids is 2. The molecule has 1 aliphatic rings. The molecule has 2 amide bonds. The van der Waals surface area contributed by atoms with Crippen LogP contribution in [0.5, 0.6) is 11.5 Å². The molecular formula is C24H24N2O4. The van der Waals surface area contributed by atoms with Crippen LogP contribution in [-0.4, -0.2) is 38.6 Å². The maximum Gasteiger partial charge on any atom is 0.229 e. The van der Waals surface area contributed by atoms with Crippen molar-refractivity contribution in [2.45, 2.75) is 18.9 Å². The number of amides is 2. The highest BCUT2D eigenvalue weighted by molar-refractivity contribution is 5.97. The van der Waals surface area contributed by atoms with E-state index in [0.717, 1.165) is 22.0 Å². The molecule has 1 aliphatic heterocycles. The fourth-order valence-corrected chi connectivity index (χ4v) is 3.94. The van der Waals surface area contributed by atoms with Crippen molar-refractivity contribution in [3.8, 4) is 11.5 Å². The molecule has 0 aliphatic carbocycles. The summed E-state index contributed by atoms with van der Waals surface area (Å²) >= 11 is 0. The normalized spacial score (nSPS) is 16.0. The van der Waals surface area contributed by atoms with E-state index in [1.807, 2.05) is 48.5 Å². The molecular weight excluding hydrogens is 380 g/mol. The van der Waals surface area contributed by atoms with Crippen LogP contribution in [0.15, 0.2) is 60.7 Å². The van der Waals surface area contributed by atoms with Gasteiger partial charge in [0.05, 0.1) is 26.7 Å². The van der Waals surface area contributed by atoms with Gasteiger partial charge in [-0.15, -0.1) is 0 Å². The number of anilines is 1. The van der Waals surface area contributed by atoms with Crippen molar-refractivity contribution in [1.82, 2.24) is 5.32 Å². The summed E-state index contributed by atoms with van der Waals surface area (Å²) in [5, 5.41) is 5.20. The Bertz CT molecular complexity index is 1090. The lowest BCUT2D eigenvalue weighted by Crippen LogP contribution is -2.38. The minimum absolute atomic E-state index is 0.0299. The van der Waals surface area contributed by atoms with Gasteiger partial charge in [0.1, 0.15) is 0 Å². The molecule has 0 bridgehead atoms. The third-order valence-electron chi connectivity index (χ3n) is 5.40. The van der Waals surface area contributed by atoms with E-state index in [0.29, 0.717) is 18.0 Å². The van der Waals surface area contributed by atoms with Gasteiger partial charge in [-0.05, 0) is 28.5 Å². The van der Waals surface area contributed by atoms with Gasteiger partial charge in [-0.25, -0.2) is 0 Å². The second-order valence-corrected chi connectivity index (χ2v) is 7.33. The molecule has 0 unspecified atom stereocenters. The first-order chi connectivity index (χ1) is 14.6. The molecule has 0 saturated carbocycles. The van der Waals surface area contributed by atoms with E-state index in [2.05, 4.69) is 5.32 Å². The molecule has 4 rings (SSSR count). The van der Waals surface area contributed by atoms with Crippen LogP contribution >= 0.6 is 0 Å². The van der Waals surface area contributed by atoms with E-state index >= 15 is 0 Å². The molecule has 0 aromatic heterocycles. The predicted molar refractivity (Wildman–Crippen MR) is 116 cm³/mol. The van der Waals surface area contributed by atoms with Gasteiger partial charge < -0.3 is 19.7 Å². The van der Waals surface area contributed by atoms with Gasteiger partial charge in [0.15, 0.2) is 11.5 Å². The van der Waals surface area contributed by atoms with Crippen LogP contribution in [0.4, 0.5) is 5.69 Å². The van der Waals surface area contributed by atoms with E-state index < -0.39 is 0 Å². The molecule has 3 aromatic rings. The van der Waals surface area contributed by atoms with E-state index in [1.165, 1.54) is 0 Å². The number of nitrogens with one attached hydrogen (secondary N) is 1. The van der Waals surface area contributed by atoms with Crippen molar-refractivity contribution in [1.29, 1.82) is 0 Å². The number of hydrogen-bond donors (Lipinski definition) is 1. The number of carbonyl (C=O) groups is 2. The molecule has 0 spiro atoms. The van der Waals surface area contributed by atoms with Crippen molar-refractivity contribution in [2.75, 3.05) is 25.7 Å². The lowest BCUT2D eigenvalue weighted by molar-refractivity contribution is -0.121. The number of ether oxygens (including phenoxy) is 2. The molecule has 30 heavy (non-hydrogen) atoms. The highest BCUT2D eigenvalue weighted by Crippen LogP contribution is 2.33. The average Bonchev–Trinajstić information content (AvgIpc) is 3.13. The Morgan fingerprint density at radius 2 is 1.80 bits per heavy atom. The summed E-state index contributed by atoms with van der Waals surface area (Å²) in [7, 11) is 3.13. The van der Waals surface area contributed by atoms with Gasteiger partial charge >= 0.3 is 0 Å². The first-order valence-electron chi connectivity index (χ1n) is 9.87. The van der Waals surface area contributed by atoms with Crippen LogP contribution in [0.25, 0.3) is 10.8 Å². The predicted octanol–water partition coefficient (Wildman–Crippen LogP) is 3.32. The highest BCUT2D eigenvalue weighted by atomic mass is 16.5. The summed E-state index contributed by atoms with van der Waals surface area (Å²) in [6, 6.07) is 19.1. The standard InChI is InChI=1S/C24H24N2O4/c1-29-21-11-10-19(14-22(21)30-2)26-15-18(13-24(26)28)25-23(27)12-17-8-5-7-16-6-3-4-9-20(16)17/h3-11,14,18H,12-13,15H2,1-2H3,(H,25,27)/t18-/m1/s1. The monoisotopic (exact) mass is 404 g/mol. The van der Waals surface area contributed by atoms with E-state index in [4.69, 9.17) is 9.47 Å². The SMILES string of the molecule is COc1ccc(N2C[C@H](NC(=O)Cc3cccc4ccccc34)CC2=O)cc1OC. The quantitative estimate of drug-likeness (QED) is 0.684. The molecule has 154 valence electrons. The Labute approximate surface area is 175 Å². The molecule has 3 aromatic carbocycles. The summed E-state index contributed by atoms with van der Waals surface area (Å²) in [6.07, 6.45) is 0.554. The summed E-state index contributed by atoms with van der Waals surface area (Å²) in [5.74, 6) is 1.05. The molecule has 6 heteroatoms. The van der Waals surface area contributed by atoms with Crippen LogP contribution in [-0.2, 0) is 16.0 Å². The first-order valence-corrected chi connectivity index (χ1v) is 9.87. The van der Waals surface area contributed by atoms with Gasteiger partial charge in [-0.3, -0.25) is 9.59 Å². The topological polar surface area (TPSA) is 67.9 Å². The maximum absolute atomic E-state index is 12.7. The number of methoxy groups -OCH3 is 2. The summed E-state index contributed by atoms with van der Waals surface area (Å²) in [5.41, 5.74) is 1.70. The first kappa shape index (κ1) is 19.8. The maximum atomic E-state index is 12.7. The largest absolute Gasteiger partial charge is 0.493 e. The van der Waals surface area contributed by atoms with Crippen LogP contribution in [0.2, 0.25) is 0 Å². The van der Waals surface area contributed by atoms with Gasteiger partial charge in [0.25, 0.3) is 0 Å². The Kier molecular flexibility index (Phi) is 5.57. The zero-order chi connectivity index (χ0) is 21.1. The molecule has 1 saturated heterocycles. The van der Waals surface area contributed by atoms with Gasteiger partial charge in [-0.1, -0.05) is 42.5 Å². The third kappa shape index (κ3) is 3.94. The van der Waals surface area contributed by atoms with Crippen molar-refractivity contribution < 1.29 is 19.1 Å². The number of hydrogen-bond acceptors (Lipinski definition) is 4. The fraction of sp³-hybridized carbons (Fsp3) is 0.250. The van der Waals surface area contributed by atoms with Crippen LogP contribution in [0, 0.1) is 0 Å². The Morgan fingerprint density at radius 3 is 2.60 bits per heavy atom. The smallest absolute Gasteiger partial charge is 0.229 e. The van der Waals surface area contributed by atoms with Crippen LogP contribution in [0.1, 0.15) is 12.0 Å². The zero-order valence-electron chi connectivity index (χ0n) is 17.1. The lowest BCUT2D eigenvalue weighted by Gasteiger charge is -2.19. The highest BCUT2D eigenvalue weighted by Gasteiger charge is 2.32. The van der Waals surface area contributed by atoms with Crippen molar-refractivity contribution in [3.63, 3.8) is 0 Å². The summed E-state index contributed by atoms with van der Waals surface area (Å²) in [6.45, 7) is 0.426. The Hall–Kier alpha value is -3.54. The average molecular weight is 404 g/mol. The Morgan fingerprint density at radius 1 is 1.03 bits per heavy atom. The number of nitrogens with zero attached hydrogens (tertiary/aromatic N) is 1. The fourth-order valence-electron chi connectivity index (χ4n) is 3.94. The van der Waals surface area contributed by atoms with Crippen LogP contribution in [0.3, 0.4) is 0 Å². The minimum atomic E-state index is -0.229. The number of benzene rings is 3. The van der Waals surface area contributed by atoms with E-state index in [1.54, 1.807) is 31.3 Å². The number of fused-ring (bicyclic) bond motifs is 1. The Balaban J connectivity index is 1.44. The third-order valence-corrected chi connectivity index (χ3v) is 5.40. The second-order valence-electron chi connectivity index (χ2n) is 7.33. The van der Waals surface area contributed by atoms with Crippen molar-refractivity contribution >= 4 is 28.3 Å². The van der Waals surface area contributed by atoms with Gasteiger partial charge in [-0.2, -0.15) is 0 Å². The molecule has 1 heterocycles. The van der Waals surface area contributed by atoms with Gasteiger partial charge in [0, 0.05) is 24.7 Å². The lowest BCUT2D eigenvalue weighted by atomic mass is 10.0. The molecule has 1 atom stereocenters. The van der Waals surface area contributed by atoms with E-state index in [9.17, 15) is 9.59 Å². The zero-order valence-corrected chi connectivity index (χ0v) is 17.1. The molecule has 0 radical (unpaired) electrons. The molecule has 6 nitrogen and oxygen atoms in total. The van der Waals surface area contributed by atoms with Crippen molar-refractivity contribution in [3.05, 3.63) is 66.2 Å². The minimum Gasteiger partial charge on any atom is -0.493 e. The van der Waals surface area contributed by atoms with Crippen molar-refractivity contribution in [2.24, 2.45) is 0 Å². The molecule has 1 N–H and O–H groups in total. The second kappa shape index (κ2) is 8.45. The number of rotatable bonds is 6. The summed E-state index contributed by atoms with van der Waals surface area (Å²) in [4.78, 5) is 26.9. The van der Waals surface area contributed by atoms with E-state index in [-0.39, 0.29) is 30.7 Å². The molecule has 1 fully saturated rings. The van der Waals surface area contributed by atoms with Crippen LogP contribution < -0.4 is 19.7 Å².